The molecule has 1 aliphatic heterocycles. The van der Waals surface area contributed by atoms with Crippen LogP contribution in [-0.2, 0) is 10.0 Å². The second-order valence-electron chi connectivity index (χ2n) is 5.27. The first-order valence-corrected chi connectivity index (χ1v) is 8.76. The summed E-state index contributed by atoms with van der Waals surface area (Å²) in [5, 5.41) is 5.24. The molecule has 0 bridgehead atoms. The van der Waals surface area contributed by atoms with E-state index in [4.69, 9.17) is 0 Å². The van der Waals surface area contributed by atoms with E-state index in [1.165, 1.54) is 24.3 Å². The van der Waals surface area contributed by atoms with Gasteiger partial charge in [-0.25, -0.2) is 21.9 Å². The molecule has 0 aliphatic carbocycles. The van der Waals surface area contributed by atoms with Crippen molar-refractivity contribution in [3.05, 3.63) is 29.8 Å². The van der Waals surface area contributed by atoms with Crippen molar-refractivity contribution in [1.29, 1.82) is 0 Å². The van der Waals surface area contributed by atoms with Crippen molar-refractivity contribution in [2.75, 3.05) is 19.6 Å². The first-order chi connectivity index (χ1) is 10.9. The fourth-order valence-electron chi connectivity index (χ4n) is 2.28. The monoisotopic (exact) mass is 347 g/mol. The van der Waals surface area contributed by atoms with Gasteiger partial charge in [0, 0.05) is 18.2 Å². The number of carbonyl (C=O) groups excluding carboxylic acids is 1. The van der Waals surface area contributed by atoms with Gasteiger partial charge in [-0.1, -0.05) is 0 Å². The number of carbonyl (C=O) groups is 1. The summed E-state index contributed by atoms with van der Waals surface area (Å²) in [6.45, 7) is 0.447. The van der Waals surface area contributed by atoms with Crippen LogP contribution >= 0.6 is 0 Å². The number of halogens is 2. The fraction of sp³-hybridized carbons (Fsp3) is 0.500. The van der Waals surface area contributed by atoms with Gasteiger partial charge in [0.15, 0.2) is 0 Å². The van der Waals surface area contributed by atoms with Crippen molar-refractivity contribution < 1.29 is 22.0 Å². The van der Waals surface area contributed by atoms with Crippen LogP contribution in [0.3, 0.4) is 0 Å². The van der Waals surface area contributed by atoms with E-state index in [-0.39, 0.29) is 16.5 Å². The smallest absolute Gasteiger partial charge is 0.255 e. The van der Waals surface area contributed by atoms with Gasteiger partial charge in [0.1, 0.15) is 0 Å². The van der Waals surface area contributed by atoms with Gasteiger partial charge in [0.05, 0.1) is 11.4 Å². The van der Waals surface area contributed by atoms with Gasteiger partial charge in [-0.2, -0.15) is 0 Å². The molecule has 1 fully saturated rings. The Balaban J connectivity index is 1.95. The van der Waals surface area contributed by atoms with Crippen LogP contribution in [0.1, 0.15) is 23.2 Å². The Kier molecular flexibility index (Phi) is 6.03. The highest BCUT2D eigenvalue weighted by Crippen LogP contribution is 2.12. The first-order valence-electron chi connectivity index (χ1n) is 7.28. The molecule has 1 atom stereocenters. The summed E-state index contributed by atoms with van der Waals surface area (Å²) in [6, 6.07) is 5.28. The minimum Gasteiger partial charge on any atom is -0.346 e. The summed E-state index contributed by atoms with van der Waals surface area (Å²) in [6.07, 6.45) is -0.687. The van der Waals surface area contributed by atoms with Crippen LogP contribution in [0.5, 0.6) is 0 Å². The molecule has 23 heavy (non-hydrogen) atoms. The van der Waals surface area contributed by atoms with Gasteiger partial charge in [-0.15, -0.1) is 0 Å². The molecule has 2 rings (SSSR count). The van der Waals surface area contributed by atoms with Gasteiger partial charge >= 0.3 is 0 Å². The van der Waals surface area contributed by atoms with Gasteiger partial charge in [-0.3, -0.25) is 4.79 Å². The average Bonchev–Trinajstić information content (AvgIpc) is 3.04. The normalized spacial score (nSPS) is 18.3. The number of hydrogen-bond donors (Lipinski definition) is 3. The molecule has 0 spiro atoms. The number of amides is 1. The molecule has 6 nitrogen and oxygen atoms in total. The van der Waals surface area contributed by atoms with Gasteiger partial charge in [0.2, 0.25) is 10.0 Å². The van der Waals surface area contributed by atoms with Crippen LogP contribution in [0.4, 0.5) is 8.78 Å². The summed E-state index contributed by atoms with van der Waals surface area (Å²) < 4.78 is 50.9. The van der Waals surface area contributed by atoms with Crippen LogP contribution in [0.2, 0.25) is 0 Å². The van der Waals surface area contributed by atoms with Crippen molar-refractivity contribution in [2.24, 2.45) is 0 Å². The number of nitrogens with one attached hydrogen (secondary N) is 3. The predicted octanol–water partition coefficient (Wildman–Crippen LogP) is 0.712. The number of alkyl halides is 2. The maximum atomic E-state index is 12.1. The summed E-state index contributed by atoms with van der Waals surface area (Å²) in [4.78, 5) is 11.6. The van der Waals surface area contributed by atoms with Gasteiger partial charge in [-0.05, 0) is 43.7 Å². The molecule has 1 aliphatic rings. The summed E-state index contributed by atoms with van der Waals surface area (Å²) in [5.41, 5.74) is 0.127. The van der Waals surface area contributed by atoms with E-state index >= 15 is 0 Å². The number of hydrogen-bond acceptors (Lipinski definition) is 4. The quantitative estimate of drug-likeness (QED) is 0.678. The maximum absolute atomic E-state index is 12.1. The molecule has 1 saturated heterocycles. The molecule has 1 heterocycles. The zero-order chi connectivity index (χ0) is 16.9. The third kappa shape index (κ3) is 5.22. The van der Waals surface area contributed by atoms with Crippen molar-refractivity contribution in [3.8, 4) is 0 Å². The van der Waals surface area contributed by atoms with Crippen LogP contribution in [-0.4, -0.2) is 46.4 Å². The minimum atomic E-state index is -3.66. The molecule has 1 aromatic carbocycles. The Morgan fingerprint density at radius 3 is 2.57 bits per heavy atom. The lowest BCUT2D eigenvalue weighted by atomic mass is 10.2. The second kappa shape index (κ2) is 7.80. The molecule has 0 unspecified atom stereocenters. The van der Waals surface area contributed by atoms with Gasteiger partial charge in [0.25, 0.3) is 12.3 Å². The first kappa shape index (κ1) is 17.8. The lowest BCUT2D eigenvalue weighted by molar-refractivity contribution is 0.0891. The van der Waals surface area contributed by atoms with Crippen molar-refractivity contribution in [1.82, 2.24) is 15.4 Å². The predicted molar refractivity (Wildman–Crippen MR) is 81.0 cm³/mol. The van der Waals surface area contributed by atoms with Crippen molar-refractivity contribution in [2.45, 2.75) is 30.2 Å². The molecule has 3 N–H and O–H groups in total. The molecule has 0 aromatic heterocycles. The lowest BCUT2D eigenvalue weighted by Gasteiger charge is -2.12. The van der Waals surface area contributed by atoms with E-state index in [9.17, 15) is 22.0 Å². The largest absolute Gasteiger partial charge is 0.346 e. The summed E-state index contributed by atoms with van der Waals surface area (Å²) in [7, 11) is -3.66. The zero-order valence-corrected chi connectivity index (χ0v) is 13.2. The Morgan fingerprint density at radius 1 is 1.30 bits per heavy atom. The topological polar surface area (TPSA) is 87.3 Å². The summed E-state index contributed by atoms with van der Waals surface area (Å²) in [5.74, 6) is -0.669. The van der Waals surface area contributed by atoms with Crippen LogP contribution in [0.25, 0.3) is 0 Å². The molecule has 9 heteroatoms. The molecule has 1 amide bonds. The molecule has 1 aromatic rings. The third-order valence-corrected chi connectivity index (χ3v) is 4.97. The van der Waals surface area contributed by atoms with E-state index in [0.29, 0.717) is 6.54 Å². The van der Waals surface area contributed by atoms with Crippen LogP contribution in [0, 0.1) is 0 Å². The van der Waals surface area contributed by atoms with Crippen LogP contribution < -0.4 is 15.4 Å². The fourth-order valence-corrected chi connectivity index (χ4v) is 3.36. The molecular formula is C14H19F2N3O3S. The van der Waals surface area contributed by atoms with E-state index in [2.05, 4.69) is 15.4 Å². The zero-order valence-electron chi connectivity index (χ0n) is 12.4. The van der Waals surface area contributed by atoms with Crippen molar-refractivity contribution in [3.63, 3.8) is 0 Å². The second-order valence-corrected chi connectivity index (χ2v) is 7.04. The summed E-state index contributed by atoms with van der Waals surface area (Å²) >= 11 is 0. The minimum absolute atomic E-state index is 0.0286. The van der Waals surface area contributed by atoms with E-state index in [0.717, 1.165) is 19.4 Å². The molecule has 128 valence electrons. The SMILES string of the molecule is O=C(NCC(F)F)c1ccc(S(=O)(=O)NC[C@@H]2CCCN2)cc1. The highest BCUT2D eigenvalue weighted by molar-refractivity contribution is 7.89. The number of benzene rings is 1. The highest BCUT2D eigenvalue weighted by Gasteiger charge is 2.19. The molecular weight excluding hydrogens is 328 g/mol. The van der Waals surface area contributed by atoms with Crippen molar-refractivity contribution >= 4 is 15.9 Å². The highest BCUT2D eigenvalue weighted by atomic mass is 32.2. The van der Waals surface area contributed by atoms with Crippen LogP contribution in [0.15, 0.2) is 29.2 Å². The standard InChI is InChI=1S/C14H19F2N3O3S/c15-13(16)9-18-14(20)10-3-5-12(6-4-10)23(21,22)19-8-11-2-1-7-17-11/h3-6,11,13,17,19H,1-2,7-9H2,(H,18,20)/t11-/m0/s1. The Hall–Kier alpha value is -1.58. The van der Waals surface area contributed by atoms with E-state index in [1.54, 1.807) is 0 Å². The number of rotatable bonds is 7. The average molecular weight is 347 g/mol. The maximum Gasteiger partial charge on any atom is 0.255 e. The Bertz CT molecular complexity index is 629. The van der Waals surface area contributed by atoms with Gasteiger partial charge < -0.3 is 10.6 Å². The Morgan fingerprint density at radius 2 is 2.00 bits per heavy atom. The lowest BCUT2D eigenvalue weighted by Crippen LogP contribution is -2.37. The van der Waals surface area contributed by atoms with E-state index in [1.807, 2.05) is 0 Å². The molecule has 0 saturated carbocycles. The number of sulfonamides is 1. The Labute approximate surface area is 133 Å². The molecule has 0 radical (unpaired) electrons. The van der Waals surface area contributed by atoms with E-state index < -0.39 is 28.9 Å². The third-order valence-electron chi connectivity index (χ3n) is 3.53.